The summed E-state index contributed by atoms with van der Waals surface area (Å²) in [6, 6.07) is 5.77. The van der Waals surface area contributed by atoms with Crippen LogP contribution in [-0.4, -0.2) is 15.1 Å². The predicted molar refractivity (Wildman–Crippen MR) is 69.4 cm³/mol. The Morgan fingerprint density at radius 2 is 1.95 bits per heavy atom. The summed E-state index contributed by atoms with van der Waals surface area (Å²) in [7, 11) is 0. The van der Waals surface area contributed by atoms with Crippen LogP contribution in [0.2, 0.25) is 0 Å². The van der Waals surface area contributed by atoms with Crippen LogP contribution in [0.15, 0.2) is 41.5 Å². The van der Waals surface area contributed by atoms with Gasteiger partial charge in [-0.15, -0.1) is 0 Å². The molecule has 2 N–H and O–H groups in total. The Morgan fingerprint density at radius 1 is 1.15 bits per heavy atom. The molecule has 0 atom stereocenters. The number of phenols is 1. The van der Waals surface area contributed by atoms with E-state index in [1.165, 1.54) is 24.5 Å². The average molecular weight is 274 g/mol. The minimum Gasteiger partial charge on any atom is -0.506 e. The van der Waals surface area contributed by atoms with Gasteiger partial charge in [0.25, 0.3) is 5.56 Å². The molecule has 0 fully saturated rings. The first-order valence-corrected chi connectivity index (χ1v) is 5.72. The number of halogens is 2. The van der Waals surface area contributed by atoms with Gasteiger partial charge in [-0.25, -0.2) is 13.8 Å². The Labute approximate surface area is 111 Å². The van der Waals surface area contributed by atoms with Crippen LogP contribution < -0.4 is 5.56 Å². The summed E-state index contributed by atoms with van der Waals surface area (Å²) < 4.78 is 26.7. The number of rotatable bonds is 1. The number of nitrogens with zero attached hydrogens (tertiary/aromatic N) is 1. The van der Waals surface area contributed by atoms with Gasteiger partial charge in [0.05, 0.1) is 11.7 Å². The molecule has 0 amide bonds. The first-order chi connectivity index (χ1) is 9.56. The maximum absolute atomic E-state index is 13.7. The highest BCUT2D eigenvalue weighted by Gasteiger charge is 2.12. The molecule has 1 aromatic heterocycles. The van der Waals surface area contributed by atoms with Gasteiger partial charge >= 0.3 is 0 Å². The molecule has 6 heteroatoms. The third-order valence-corrected chi connectivity index (χ3v) is 2.97. The third kappa shape index (κ3) is 1.91. The molecule has 4 nitrogen and oxygen atoms in total. The predicted octanol–water partition coefficient (Wildman–Crippen LogP) is 2.57. The van der Waals surface area contributed by atoms with E-state index in [9.17, 15) is 18.7 Å². The van der Waals surface area contributed by atoms with Crippen molar-refractivity contribution in [3.8, 4) is 16.9 Å². The van der Waals surface area contributed by atoms with E-state index in [2.05, 4.69) is 9.97 Å². The van der Waals surface area contributed by atoms with Gasteiger partial charge in [0.2, 0.25) is 0 Å². The fraction of sp³-hybridized carbons (Fsp3) is 0. The van der Waals surface area contributed by atoms with Crippen LogP contribution >= 0.6 is 0 Å². The highest BCUT2D eigenvalue weighted by molar-refractivity contribution is 5.88. The lowest BCUT2D eigenvalue weighted by Crippen LogP contribution is -2.06. The van der Waals surface area contributed by atoms with Crippen LogP contribution in [0.4, 0.5) is 8.78 Å². The van der Waals surface area contributed by atoms with E-state index in [-0.39, 0.29) is 27.8 Å². The number of fused-ring (bicyclic) bond motifs is 1. The number of nitrogens with one attached hydrogen (secondary N) is 1. The number of aromatic nitrogens is 2. The van der Waals surface area contributed by atoms with Crippen LogP contribution in [0.1, 0.15) is 0 Å². The fourth-order valence-electron chi connectivity index (χ4n) is 2.04. The van der Waals surface area contributed by atoms with Gasteiger partial charge in [-0.3, -0.25) is 4.79 Å². The molecular formula is C14H8F2N2O2. The minimum absolute atomic E-state index is 0.0897. The Morgan fingerprint density at radius 3 is 2.70 bits per heavy atom. The highest BCUT2D eigenvalue weighted by atomic mass is 19.1. The van der Waals surface area contributed by atoms with Crippen LogP contribution in [0, 0.1) is 11.6 Å². The lowest BCUT2D eigenvalue weighted by atomic mass is 10.0. The molecule has 0 aliphatic heterocycles. The Balaban J connectivity index is 2.32. The van der Waals surface area contributed by atoms with Crippen molar-refractivity contribution >= 4 is 10.9 Å². The minimum atomic E-state index is -0.774. The molecule has 0 saturated heterocycles. The van der Waals surface area contributed by atoms with Crippen molar-refractivity contribution in [1.29, 1.82) is 0 Å². The van der Waals surface area contributed by atoms with Gasteiger partial charge in [-0.05, 0) is 29.8 Å². The van der Waals surface area contributed by atoms with Crippen LogP contribution in [0.25, 0.3) is 22.0 Å². The second-order valence-corrected chi connectivity index (χ2v) is 4.25. The van der Waals surface area contributed by atoms with E-state index in [1.54, 1.807) is 0 Å². The summed E-state index contributed by atoms with van der Waals surface area (Å²) in [5, 5.41) is 10.0. The molecule has 0 aliphatic rings. The smallest absolute Gasteiger partial charge is 0.258 e. The summed E-state index contributed by atoms with van der Waals surface area (Å²) in [6.07, 6.45) is 1.17. The summed E-state index contributed by atoms with van der Waals surface area (Å²) in [5.74, 6) is -1.72. The third-order valence-electron chi connectivity index (χ3n) is 2.97. The molecule has 0 saturated carbocycles. The largest absolute Gasteiger partial charge is 0.506 e. The summed E-state index contributed by atoms with van der Waals surface area (Å²) in [4.78, 5) is 17.9. The number of H-pyrrole nitrogens is 1. The number of benzene rings is 2. The SMILES string of the molecule is O=c1[nH]cnc2c(O)cc(-c3ccc(F)cc3F)cc12. The Bertz CT molecular complexity index is 875. The second-order valence-electron chi connectivity index (χ2n) is 4.25. The quantitative estimate of drug-likeness (QED) is 0.716. The molecule has 3 aromatic rings. The monoisotopic (exact) mass is 274 g/mol. The van der Waals surface area contributed by atoms with Crippen molar-refractivity contribution in [2.24, 2.45) is 0 Å². The Kier molecular flexibility index (Phi) is 2.71. The average Bonchev–Trinajstić information content (AvgIpc) is 2.40. The van der Waals surface area contributed by atoms with Crippen LogP contribution in [-0.2, 0) is 0 Å². The van der Waals surface area contributed by atoms with Gasteiger partial charge in [0.1, 0.15) is 22.9 Å². The first kappa shape index (κ1) is 12.3. The zero-order valence-corrected chi connectivity index (χ0v) is 10.0. The Hall–Kier alpha value is -2.76. The van der Waals surface area contributed by atoms with E-state index >= 15 is 0 Å². The van der Waals surface area contributed by atoms with Crippen molar-refractivity contribution in [3.05, 3.63) is 58.6 Å². The lowest BCUT2D eigenvalue weighted by Gasteiger charge is -2.06. The van der Waals surface area contributed by atoms with Gasteiger partial charge in [0.15, 0.2) is 0 Å². The van der Waals surface area contributed by atoms with Gasteiger partial charge in [-0.1, -0.05) is 0 Å². The van der Waals surface area contributed by atoms with Crippen LogP contribution in [0.5, 0.6) is 5.75 Å². The fourth-order valence-corrected chi connectivity index (χ4v) is 2.04. The summed E-state index contributed by atoms with van der Waals surface area (Å²) >= 11 is 0. The molecule has 20 heavy (non-hydrogen) atoms. The molecule has 100 valence electrons. The molecule has 0 bridgehead atoms. The number of phenolic OH excluding ortho intramolecular Hbond substituents is 1. The molecule has 0 radical (unpaired) electrons. The maximum Gasteiger partial charge on any atom is 0.258 e. The van der Waals surface area contributed by atoms with E-state index < -0.39 is 17.2 Å². The number of hydrogen-bond donors (Lipinski definition) is 2. The zero-order valence-electron chi connectivity index (χ0n) is 10.0. The molecular weight excluding hydrogens is 266 g/mol. The van der Waals surface area contributed by atoms with E-state index in [1.807, 2.05) is 0 Å². The van der Waals surface area contributed by atoms with Crippen molar-refractivity contribution in [2.45, 2.75) is 0 Å². The highest BCUT2D eigenvalue weighted by Crippen LogP contribution is 2.30. The van der Waals surface area contributed by atoms with Crippen molar-refractivity contribution in [3.63, 3.8) is 0 Å². The maximum atomic E-state index is 13.7. The number of aromatic hydroxyl groups is 1. The normalized spacial score (nSPS) is 10.9. The van der Waals surface area contributed by atoms with Crippen LogP contribution in [0.3, 0.4) is 0 Å². The molecule has 3 rings (SSSR count). The number of aromatic amines is 1. The van der Waals surface area contributed by atoms with Crippen molar-refractivity contribution in [2.75, 3.05) is 0 Å². The molecule has 1 heterocycles. The lowest BCUT2D eigenvalue weighted by molar-refractivity contribution is 0.480. The topological polar surface area (TPSA) is 66.0 Å². The van der Waals surface area contributed by atoms with Crippen molar-refractivity contribution < 1.29 is 13.9 Å². The van der Waals surface area contributed by atoms with E-state index in [0.717, 1.165) is 12.1 Å². The number of hydrogen-bond acceptors (Lipinski definition) is 3. The second kappa shape index (κ2) is 4.41. The van der Waals surface area contributed by atoms with Gasteiger partial charge in [-0.2, -0.15) is 0 Å². The zero-order chi connectivity index (χ0) is 14.3. The van der Waals surface area contributed by atoms with Gasteiger partial charge in [0, 0.05) is 11.6 Å². The molecule has 0 aliphatic carbocycles. The summed E-state index contributed by atoms with van der Waals surface area (Å²) in [5.41, 5.74) is 0.0348. The van der Waals surface area contributed by atoms with E-state index in [4.69, 9.17) is 0 Å². The molecule has 0 unspecified atom stereocenters. The van der Waals surface area contributed by atoms with E-state index in [0.29, 0.717) is 0 Å². The standard InChI is InChI=1S/C14H8F2N2O2/c15-8-1-2-9(11(16)5-8)7-3-10-13(12(19)4-7)17-6-18-14(10)20/h1-6,19H,(H,17,18,20). The van der Waals surface area contributed by atoms with Crippen molar-refractivity contribution in [1.82, 2.24) is 9.97 Å². The molecule has 2 aromatic carbocycles. The van der Waals surface area contributed by atoms with Gasteiger partial charge < -0.3 is 10.1 Å². The molecule has 0 spiro atoms. The summed E-state index contributed by atoms with van der Waals surface area (Å²) in [6.45, 7) is 0. The first-order valence-electron chi connectivity index (χ1n) is 5.72.